The molecule has 2 aromatic carbocycles. The number of H-pyrrole nitrogens is 1. The molecule has 1 aromatic heterocycles. The van der Waals surface area contributed by atoms with E-state index in [-0.39, 0.29) is 43.1 Å². The maximum atomic E-state index is 15.7. The molecule has 5 rings (SSSR count). The van der Waals surface area contributed by atoms with E-state index in [2.05, 4.69) is 4.98 Å². The van der Waals surface area contributed by atoms with Crippen molar-refractivity contribution in [2.45, 2.75) is 38.0 Å². The van der Waals surface area contributed by atoms with Crippen LogP contribution >= 0.6 is 0 Å². The maximum Gasteiger partial charge on any atom is 0.143 e. The van der Waals surface area contributed by atoms with E-state index >= 15 is 13.2 Å². The molecule has 200 valence electrons. The standard InChI is InChI=1S/C28H33F4N3O2/c1-17-9-21-20-5-3-4-6-24(20)33-26(21)27(35(17)15-28(2,32)16-36)25-22(30)10-19(11-23(25)31)37-8-7-34-13-18(12-29)14-34/h3-6,10-11,17-18,27,33,36H,7-9,12-16H2,1-2H3/t17-,27?,28?/m1/s1. The van der Waals surface area contributed by atoms with Crippen LogP contribution in [-0.2, 0) is 6.42 Å². The largest absolute Gasteiger partial charge is 0.492 e. The Morgan fingerprint density at radius 2 is 1.86 bits per heavy atom. The first kappa shape index (κ1) is 26.0. The number of benzene rings is 2. The molecule has 9 heteroatoms. The molecule has 2 N–H and O–H groups in total. The van der Waals surface area contributed by atoms with Gasteiger partial charge < -0.3 is 14.8 Å². The van der Waals surface area contributed by atoms with E-state index in [9.17, 15) is 9.50 Å². The predicted octanol–water partition coefficient (Wildman–Crippen LogP) is 4.78. The molecule has 3 heterocycles. The topological polar surface area (TPSA) is 51.7 Å². The Morgan fingerprint density at radius 3 is 2.54 bits per heavy atom. The van der Waals surface area contributed by atoms with Gasteiger partial charge >= 0.3 is 0 Å². The number of nitrogens with zero attached hydrogens (tertiary/aromatic N) is 2. The highest BCUT2D eigenvalue weighted by molar-refractivity contribution is 5.85. The van der Waals surface area contributed by atoms with Crippen LogP contribution in [0.2, 0.25) is 0 Å². The number of alkyl halides is 2. The summed E-state index contributed by atoms with van der Waals surface area (Å²) in [4.78, 5) is 7.08. The average Bonchev–Trinajstić information content (AvgIpc) is 3.20. The van der Waals surface area contributed by atoms with Crippen LogP contribution in [0.25, 0.3) is 10.9 Å². The lowest BCUT2D eigenvalue weighted by molar-refractivity contribution is 0.0162. The number of aromatic amines is 1. The number of aromatic nitrogens is 1. The number of aliphatic hydroxyl groups is 1. The molecule has 2 aliphatic heterocycles. The van der Waals surface area contributed by atoms with Crippen molar-refractivity contribution in [3.05, 3.63) is 64.9 Å². The van der Waals surface area contributed by atoms with Gasteiger partial charge in [-0.1, -0.05) is 18.2 Å². The van der Waals surface area contributed by atoms with Gasteiger partial charge in [0.05, 0.1) is 19.3 Å². The van der Waals surface area contributed by atoms with Crippen molar-refractivity contribution in [1.29, 1.82) is 0 Å². The van der Waals surface area contributed by atoms with Crippen molar-refractivity contribution < 1.29 is 27.4 Å². The van der Waals surface area contributed by atoms with Crippen molar-refractivity contribution in [3.63, 3.8) is 0 Å². The summed E-state index contributed by atoms with van der Waals surface area (Å²) in [7, 11) is 0. The highest BCUT2D eigenvalue weighted by atomic mass is 19.1. The third kappa shape index (κ3) is 5.09. The van der Waals surface area contributed by atoms with E-state index in [1.54, 1.807) is 4.90 Å². The van der Waals surface area contributed by atoms with Gasteiger partial charge in [0.15, 0.2) is 0 Å². The number of hydrogen-bond acceptors (Lipinski definition) is 4. The summed E-state index contributed by atoms with van der Waals surface area (Å²) in [5.74, 6) is -1.44. The van der Waals surface area contributed by atoms with Gasteiger partial charge in [0.25, 0.3) is 0 Å². The molecule has 5 nitrogen and oxygen atoms in total. The van der Waals surface area contributed by atoms with Crippen molar-refractivity contribution in [3.8, 4) is 5.75 Å². The van der Waals surface area contributed by atoms with Gasteiger partial charge in [0.1, 0.15) is 29.7 Å². The van der Waals surface area contributed by atoms with Crippen LogP contribution in [0.5, 0.6) is 5.75 Å². The van der Waals surface area contributed by atoms with Crippen LogP contribution < -0.4 is 4.74 Å². The molecule has 0 amide bonds. The molecule has 0 aliphatic carbocycles. The minimum absolute atomic E-state index is 0.0570. The van der Waals surface area contributed by atoms with E-state index in [1.807, 2.05) is 36.1 Å². The van der Waals surface area contributed by atoms with E-state index in [1.165, 1.54) is 19.1 Å². The van der Waals surface area contributed by atoms with Gasteiger partial charge in [-0.25, -0.2) is 13.2 Å². The summed E-state index contributed by atoms with van der Waals surface area (Å²) in [5, 5.41) is 10.6. The summed E-state index contributed by atoms with van der Waals surface area (Å²) in [6.07, 6.45) is 0.571. The van der Waals surface area contributed by atoms with Crippen LogP contribution in [0.4, 0.5) is 17.6 Å². The molecule has 3 aromatic rings. The highest BCUT2D eigenvalue weighted by Crippen LogP contribution is 2.43. The van der Waals surface area contributed by atoms with Gasteiger partial charge in [-0.05, 0) is 31.9 Å². The van der Waals surface area contributed by atoms with Crippen LogP contribution in [0.1, 0.15) is 36.7 Å². The highest BCUT2D eigenvalue weighted by Gasteiger charge is 2.42. The van der Waals surface area contributed by atoms with Gasteiger partial charge in [-0.15, -0.1) is 0 Å². The molecule has 3 atom stereocenters. The molecule has 2 aliphatic rings. The number of para-hydroxylation sites is 1. The zero-order valence-corrected chi connectivity index (χ0v) is 21.1. The molecular weight excluding hydrogens is 486 g/mol. The Labute approximate surface area is 214 Å². The molecule has 0 bridgehead atoms. The minimum atomic E-state index is -1.95. The second-order valence-electron chi connectivity index (χ2n) is 10.7. The first-order valence-electron chi connectivity index (χ1n) is 12.8. The Hall–Kier alpha value is -2.62. The third-order valence-corrected chi connectivity index (χ3v) is 7.61. The summed E-state index contributed by atoms with van der Waals surface area (Å²) in [6.45, 7) is 4.04. The van der Waals surface area contributed by atoms with Crippen molar-refractivity contribution in [1.82, 2.24) is 14.8 Å². The van der Waals surface area contributed by atoms with Crippen LogP contribution in [0, 0.1) is 17.6 Å². The van der Waals surface area contributed by atoms with E-state index in [4.69, 9.17) is 4.74 Å². The first-order chi connectivity index (χ1) is 17.7. The Bertz CT molecular complexity index is 1230. The van der Waals surface area contributed by atoms with Crippen molar-refractivity contribution in [2.75, 3.05) is 46.1 Å². The van der Waals surface area contributed by atoms with Gasteiger partial charge in [0, 0.05) is 72.4 Å². The molecule has 0 radical (unpaired) electrons. The smallest absolute Gasteiger partial charge is 0.143 e. The van der Waals surface area contributed by atoms with Crippen molar-refractivity contribution >= 4 is 10.9 Å². The second kappa shape index (κ2) is 10.3. The molecule has 1 saturated heterocycles. The molecule has 2 unspecified atom stereocenters. The Balaban J connectivity index is 1.47. The lowest BCUT2D eigenvalue weighted by Gasteiger charge is -2.43. The number of hydrogen-bond donors (Lipinski definition) is 2. The normalized spacial score (nSPS) is 22.6. The maximum absolute atomic E-state index is 15.7. The number of ether oxygens (including phenoxy) is 1. The Kier molecular flexibility index (Phi) is 7.22. The van der Waals surface area contributed by atoms with E-state index < -0.39 is 30.0 Å². The fraction of sp³-hybridized carbons (Fsp3) is 0.500. The second-order valence-corrected chi connectivity index (χ2v) is 10.7. The molecule has 0 spiro atoms. The third-order valence-electron chi connectivity index (χ3n) is 7.61. The molecule has 1 fully saturated rings. The zero-order valence-electron chi connectivity index (χ0n) is 21.1. The van der Waals surface area contributed by atoms with E-state index in [0.717, 1.165) is 16.5 Å². The molecule has 37 heavy (non-hydrogen) atoms. The van der Waals surface area contributed by atoms with Crippen LogP contribution in [0.3, 0.4) is 0 Å². The summed E-state index contributed by atoms with van der Waals surface area (Å²) >= 11 is 0. The lowest BCUT2D eigenvalue weighted by Crippen LogP contribution is -2.50. The number of nitrogens with one attached hydrogen (secondary N) is 1. The fourth-order valence-corrected chi connectivity index (χ4v) is 5.65. The number of rotatable bonds is 9. The number of fused-ring (bicyclic) bond motifs is 3. The number of likely N-dealkylation sites (tertiary alicyclic amines) is 1. The zero-order chi connectivity index (χ0) is 26.3. The number of aliphatic hydroxyl groups excluding tert-OH is 1. The summed E-state index contributed by atoms with van der Waals surface area (Å²) < 4.78 is 64.6. The van der Waals surface area contributed by atoms with Gasteiger partial charge in [0.2, 0.25) is 0 Å². The fourth-order valence-electron chi connectivity index (χ4n) is 5.65. The predicted molar refractivity (Wildman–Crippen MR) is 134 cm³/mol. The quantitative estimate of drug-likeness (QED) is 0.400. The molecular formula is C28H33F4N3O2. The lowest BCUT2D eigenvalue weighted by atomic mass is 9.87. The van der Waals surface area contributed by atoms with Crippen LogP contribution in [-0.4, -0.2) is 77.7 Å². The minimum Gasteiger partial charge on any atom is -0.492 e. The monoisotopic (exact) mass is 519 g/mol. The molecule has 0 saturated carbocycles. The van der Waals surface area contributed by atoms with Gasteiger partial charge in [-0.2, -0.15) is 0 Å². The average molecular weight is 520 g/mol. The summed E-state index contributed by atoms with van der Waals surface area (Å²) in [6, 6.07) is 8.85. The van der Waals surface area contributed by atoms with Gasteiger partial charge in [-0.3, -0.25) is 14.2 Å². The van der Waals surface area contributed by atoms with E-state index in [0.29, 0.717) is 31.7 Å². The summed E-state index contributed by atoms with van der Waals surface area (Å²) in [5.41, 5.74) is 0.283. The first-order valence-corrected chi connectivity index (χ1v) is 12.8. The van der Waals surface area contributed by atoms with Crippen molar-refractivity contribution in [2.24, 2.45) is 5.92 Å². The SMILES string of the molecule is C[C@@H]1Cc2c([nH]c3ccccc23)C(c2c(F)cc(OCCN3CC(CF)C3)cc2F)N1CC(C)(F)CO. The van der Waals surface area contributed by atoms with Crippen LogP contribution in [0.15, 0.2) is 36.4 Å². The number of halogens is 4. The Morgan fingerprint density at radius 1 is 1.16 bits per heavy atom.